The van der Waals surface area contributed by atoms with Crippen LogP contribution < -0.4 is 11.2 Å². The average molecular weight is 163 g/mol. The number of guanidine groups is 1. The lowest BCUT2D eigenvalue weighted by Crippen LogP contribution is -2.37. The van der Waals surface area contributed by atoms with Gasteiger partial charge in [0.25, 0.3) is 5.96 Å². The summed E-state index contributed by atoms with van der Waals surface area (Å²) in [6, 6.07) is 0. The molecule has 0 atom stereocenters. The highest BCUT2D eigenvalue weighted by atomic mass is 16.7. The van der Waals surface area contributed by atoms with E-state index in [4.69, 9.17) is 10.9 Å². The number of hydrogen-bond acceptors (Lipinski definition) is 3. The molecule has 11 heavy (non-hydrogen) atoms. The predicted octanol–water partition coefficient (Wildman–Crippen LogP) is -1.38. The van der Waals surface area contributed by atoms with Crippen LogP contribution in [-0.2, 0) is 4.74 Å². The van der Waals surface area contributed by atoms with E-state index in [1.807, 2.05) is 5.43 Å². The van der Waals surface area contributed by atoms with Crippen molar-refractivity contribution in [3.05, 3.63) is 4.91 Å². The van der Waals surface area contributed by atoms with Crippen LogP contribution in [0, 0.1) is 4.91 Å². The summed E-state index contributed by atoms with van der Waals surface area (Å²) in [5, 5.41) is 7.53. The van der Waals surface area contributed by atoms with Crippen molar-refractivity contribution < 1.29 is 15.0 Å². The Balaban J connectivity index is 3.54. The maximum Gasteiger partial charge on any atom is 0.362 e. The van der Waals surface area contributed by atoms with Gasteiger partial charge in [-0.1, -0.05) is 0 Å². The van der Waals surface area contributed by atoms with Gasteiger partial charge in [-0.25, -0.2) is 10.2 Å². The van der Waals surface area contributed by atoms with E-state index in [0.717, 1.165) is 0 Å². The third kappa shape index (κ3) is 6.52. The molecule has 0 aromatic heterocycles. The SMILES string of the molecule is COCCN=C(N)N[N+](=O)O. The third-order valence-corrected chi connectivity index (χ3v) is 0.788. The molecule has 0 heterocycles. The summed E-state index contributed by atoms with van der Waals surface area (Å²) in [5.74, 6) is -0.153. The minimum absolute atomic E-state index is 0.153. The van der Waals surface area contributed by atoms with Crippen LogP contribution in [0.15, 0.2) is 4.99 Å². The van der Waals surface area contributed by atoms with Crippen molar-refractivity contribution in [3.8, 4) is 0 Å². The summed E-state index contributed by atoms with van der Waals surface area (Å²) in [6.45, 7) is 0.746. The fourth-order valence-corrected chi connectivity index (χ4v) is 0.391. The van der Waals surface area contributed by atoms with E-state index in [1.165, 1.54) is 7.11 Å². The maximum absolute atomic E-state index is 9.86. The fraction of sp³-hybridized carbons (Fsp3) is 0.750. The van der Waals surface area contributed by atoms with Crippen molar-refractivity contribution in [2.75, 3.05) is 20.3 Å². The van der Waals surface area contributed by atoms with Gasteiger partial charge in [-0.15, -0.1) is 0 Å². The molecule has 0 radical (unpaired) electrons. The van der Waals surface area contributed by atoms with Gasteiger partial charge in [0.2, 0.25) is 0 Å². The smallest absolute Gasteiger partial charge is 0.362 e. The van der Waals surface area contributed by atoms with Gasteiger partial charge in [0, 0.05) is 7.11 Å². The van der Waals surface area contributed by atoms with Gasteiger partial charge in [0.15, 0.2) is 0 Å². The Morgan fingerprint density at radius 1 is 1.91 bits per heavy atom. The van der Waals surface area contributed by atoms with Crippen LogP contribution in [-0.4, -0.2) is 36.5 Å². The number of ether oxygens (including phenoxy) is 1. The van der Waals surface area contributed by atoms with E-state index in [0.29, 0.717) is 13.2 Å². The Hall–Kier alpha value is -1.37. The van der Waals surface area contributed by atoms with E-state index in [2.05, 4.69) is 9.73 Å². The summed E-state index contributed by atoms with van der Waals surface area (Å²) in [4.78, 5) is 13.5. The second-order valence-electron chi connectivity index (χ2n) is 1.64. The molecule has 0 saturated carbocycles. The summed E-state index contributed by atoms with van der Waals surface area (Å²) >= 11 is 0. The Morgan fingerprint density at radius 2 is 2.55 bits per heavy atom. The standard InChI is InChI=1S/C4H11N4O3/c1-11-3-2-6-4(5)7-8(9)10/h2-3H2,1H3,(H,9,10)(H3,5,6,7)/q+1. The Labute approximate surface area is 63.4 Å². The topological polar surface area (TPSA) is 100.0 Å². The lowest BCUT2D eigenvalue weighted by Gasteiger charge is -1.93. The van der Waals surface area contributed by atoms with Crippen molar-refractivity contribution in [2.24, 2.45) is 10.7 Å². The molecule has 0 aliphatic heterocycles. The number of aliphatic imine (C=N–C) groups is 1. The molecule has 0 aromatic rings. The van der Waals surface area contributed by atoms with Gasteiger partial charge in [0.1, 0.15) is 4.91 Å². The van der Waals surface area contributed by atoms with Crippen molar-refractivity contribution in [2.45, 2.75) is 0 Å². The van der Waals surface area contributed by atoms with Gasteiger partial charge < -0.3 is 10.5 Å². The first-order valence-electron chi connectivity index (χ1n) is 2.88. The molecule has 7 nitrogen and oxygen atoms in total. The monoisotopic (exact) mass is 163 g/mol. The summed E-state index contributed by atoms with van der Waals surface area (Å²) < 4.78 is 4.65. The summed E-state index contributed by atoms with van der Waals surface area (Å²) in [6.07, 6.45) is 0. The Kier molecular flexibility index (Phi) is 4.74. The van der Waals surface area contributed by atoms with E-state index >= 15 is 0 Å². The predicted molar refractivity (Wildman–Crippen MR) is 36.9 cm³/mol. The minimum atomic E-state index is -0.522. The first-order valence-corrected chi connectivity index (χ1v) is 2.88. The van der Waals surface area contributed by atoms with Crippen molar-refractivity contribution in [1.82, 2.24) is 5.43 Å². The van der Waals surface area contributed by atoms with Crippen LogP contribution in [0.25, 0.3) is 0 Å². The highest BCUT2D eigenvalue weighted by Crippen LogP contribution is 1.70. The van der Waals surface area contributed by atoms with Crippen LogP contribution in [0.4, 0.5) is 0 Å². The molecular formula is C4H11N4O3+. The molecule has 0 bridgehead atoms. The van der Waals surface area contributed by atoms with Gasteiger partial charge in [-0.3, -0.25) is 0 Å². The highest BCUT2D eigenvalue weighted by Gasteiger charge is 2.02. The molecule has 0 unspecified atom stereocenters. The number of hydrazine groups is 1. The van der Waals surface area contributed by atoms with Crippen LogP contribution in [0.5, 0.6) is 0 Å². The molecule has 0 fully saturated rings. The van der Waals surface area contributed by atoms with Crippen LogP contribution in [0.2, 0.25) is 0 Å². The van der Waals surface area contributed by atoms with Crippen LogP contribution >= 0.6 is 0 Å². The highest BCUT2D eigenvalue weighted by molar-refractivity contribution is 5.76. The molecule has 4 N–H and O–H groups in total. The number of methoxy groups -OCH3 is 1. The summed E-state index contributed by atoms with van der Waals surface area (Å²) in [7, 11) is 1.52. The lowest BCUT2D eigenvalue weighted by molar-refractivity contribution is -0.822. The van der Waals surface area contributed by atoms with Gasteiger partial charge >= 0.3 is 5.03 Å². The van der Waals surface area contributed by atoms with Gasteiger partial charge in [-0.05, 0) is 5.43 Å². The number of nitrogens with two attached hydrogens (primary N) is 1. The molecule has 7 heteroatoms. The number of hydrogen-bond donors (Lipinski definition) is 3. The molecular weight excluding hydrogens is 152 g/mol. The first-order chi connectivity index (χ1) is 5.16. The third-order valence-electron chi connectivity index (χ3n) is 0.788. The second-order valence-corrected chi connectivity index (χ2v) is 1.64. The van der Waals surface area contributed by atoms with E-state index in [9.17, 15) is 4.91 Å². The molecule has 0 rings (SSSR count). The molecule has 0 aromatic carbocycles. The molecule has 0 aliphatic rings. The molecule has 0 amide bonds. The van der Waals surface area contributed by atoms with Gasteiger partial charge in [0.05, 0.1) is 13.2 Å². The number of nitrogens with zero attached hydrogens (tertiary/aromatic N) is 2. The van der Waals surface area contributed by atoms with Crippen LogP contribution in [0.3, 0.4) is 0 Å². The zero-order valence-corrected chi connectivity index (χ0v) is 6.15. The van der Waals surface area contributed by atoms with Crippen molar-refractivity contribution in [3.63, 3.8) is 0 Å². The van der Waals surface area contributed by atoms with Crippen molar-refractivity contribution in [1.29, 1.82) is 0 Å². The molecule has 0 saturated heterocycles. The molecule has 64 valence electrons. The number of nitrogens with one attached hydrogen (secondary N) is 1. The summed E-state index contributed by atoms with van der Waals surface area (Å²) in [5.41, 5.74) is 6.90. The van der Waals surface area contributed by atoms with E-state index in [1.54, 1.807) is 0 Å². The largest absolute Gasteiger partial charge is 0.383 e. The zero-order valence-electron chi connectivity index (χ0n) is 6.15. The Morgan fingerprint density at radius 3 is 3.00 bits per heavy atom. The first kappa shape index (κ1) is 9.63. The second kappa shape index (κ2) is 5.42. The normalized spacial score (nSPS) is 11.2. The zero-order chi connectivity index (χ0) is 8.69. The van der Waals surface area contributed by atoms with E-state index < -0.39 is 5.03 Å². The maximum atomic E-state index is 9.86. The van der Waals surface area contributed by atoms with Crippen molar-refractivity contribution >= 4 is 5.96 Å². The van der Waals surface area contributed by atoms with Crippen LogP contribution in [0.1, 0.15) is 0 Å². The minimum Gasteiger partial charge on any atom is -0.383 e. The quantitative estimate of drug-likeness (QED) is 0.205. The van der Waals surface area contributed by atoms with Gasteiger partial charge in [-0.2, -0.15) is 0 Å². The lowest BCUT2D eigenvalue weighted by atomic mass is 10.7. The molecule has 0 aliphatic carbocycles. The Bertz CT molecular complexity index is 157. The number of rotatable bonds is 4. The fourth-order valence-electron chi connectivity index (χ4n) is 0.391. The molecule has 0 spiro atoms. The van der Waals surface area contributed by atoms with E-state index in [-0.39, 0.29) is 5.96 Å². The average Bonchev–Trinajstić information content (AvgIpc) is 1.86.